The van der Waals surface area contributed by atoms with Gasteiger partial charge in [0.1, 0.15) is 0 Å². The lowest BCUT2D eigenvalue weighted by atomic mass is 9.71. The maximum atomic E-state index is 10.8. The van der Waals surface area contributed by atoms with Crippen molar-refractivity contribution in [3.05, 3.63) is 0 Å². The molecular formula is C15H30O. The van der Waals surface area contributed by atoms with Crippen LogP contribution in [-0.4, -0.2) is 10.7 Å². The van der Waals surface area contributed by atoms with Crippen LogP contribution in [0, 0.1) is 11.8 Å². The van der Waals surface area contributed by atoms with Gasteiger partial charge in [0.05, 0.1) is 5.60 Å². The van der Waals surface area contributed by atoms with Crippen LogP contribution >= 0.6 is 0 Å². The summed E-state index contributed by atoms with van der Waals surface area (Å²) in [4.78, 5) is 0. The first-order chi connectivity index (χ1) is 7.62. The summed E-state index contributed by atoms with van der Waals surface area (Å²) in [5.41, 5.74) is -0.366. The van der Waals surface area contributed by atoms with Crippen molar-refractivity contribution >= 4 is 0 Å². The Kier molecular flexibility index (Phi) is 5.82. The molecule has 1 rings (SSSR count). The van der Waals surface area contributed by atoms with E-state index in [1.807, 2.05) is 0 Å². The van der Waals surface area contributed by atoms with Gasteiger partial charge in [-0.15, -0.1) is 0 Å². The third kappa shape index (κ3) is 3.76. The van der Waals surface area contributed by atoms with Gasteiger partial charge in [-0.25, -0.2) is 0 Å². The van der Waals surface area contributed by atoms with Crippen molar-refractivity contribution in [2.75, 3.05) is 0 Å². The van der Waals surface area contributed by atoms with Crippen LogP contribution < -0.4 is 0 Å². The van der Waals surface area contributed by atoms with E-state index >= 15 is 0 Å². The molecule has 0 heterocycles. The molecule has 0 saturated heterocycles. The van der Waals surface area contributed by atoms with Crippen LogP contribution in [0.4, 0.5) is 0 Å². The molecule has 0 aliphatic heterocycles. The summed E-state index contributed by atoms with van der Waals surface area (Å²) in [6.07, 6.45) is 11.0. The Morgan fingerprint density at radius 1 is 1.19 bits per heavy atom. The molecule has 0 spiro atoms. The van der Waals surface area contributed by atoms with Crippen molar-refractivity contribution in [1.82, 2.24) is 0 Å². The Balaban J connectivity index is 2.53. The SMILES string of the molecule is CCCC(C)CC(O)(CC)C1CCCCC1. The second-order valence-electron chi connectivity index (χ2n) is 5.89. The summed E-state index contributed by atoms with van der Waals surface area (Å²) in [5, 5.41) is 10.8. The van der Waals surface area contributed by atoms with Gasteiger partial charge in [-0.3, -0.25) is 0 Å². The van der Waals surface area contributed by atoms with Gasteiger partial charge in [-0.05, 0) is 37.5 Å². The zero-order chi connectivity index (χ0) is 12.0. The number of hydrogen-bond donors (Lipinski definition) is 1. The van der Waals surface area contributed by atoms with Crippen molar-refractivity contribution < 1.29 is 5.11 Å². The Bertz CT molecular complexity index is 184. The lowest BCUT2D eigenvalue weighted by molar-refractivity contribution is -0.0541. The van der Waals surface area contributed by atoms with Gasteiger partial charge in [0.2, 0.25) is 0 Å². The topological polar surface area (TPSA) is 20.2 Å². The fourth-order valence-electron chi connectivity index (χ4n) is 3.44. The van der Waals surface area contributed by atoms with Crippen molar-refractivity contribution in [3.8, 4) is 0 Å². The molecule has 1 saturated carbocycles. The zero-order valence-corrected chi connectivity index (χ0v) is 11.5. The molecule has 16 heavy (non-hydrogen) atoms. The van der Waals surface area contributed by atoms with Crippen LogP contribution in [0.2, 0.25) is 0 Å². The summed E-state index contributed by atoms with van der Waals surface area (Å²) in [6, 6.07) is 0. The highest BCUT2D eigenvalue weighted by molar-refractivity contribution is 4.88. The molecule has 0 aromatic heterocycles. The maximum Gasteiger partial charge on any atom is 0.0675 e. The quantitative estimate of drug-likeness (QED) is 0.705. The highest BCUT2D eigenvalue weighted by atomic mass is 16.3. The predicted molar refractivity (Wildman–Crippen MR) is 70.5 cm³/mol. The van der Waals surface area contributed by atoms with Crippen LogP contribution in [-0.2, 0) is 0 Å². The molecule has 1 nitrogen and oxygen atoms in total. The van der Waals surface area contributed by atoms with E-state index in [9.17, 15) is 5.11 Å². The molecule has 1 N–H and O–H groups in total. The first kappa shape index (κ1) is 14.0. The Morgan fingerprint density at radius 2 is 1.81 bits per heavy atom. The summed E-state index contributed by atoms with van der Waals surface area (Å²) in [7, 11) is 0. The lowest BCUT2D eigenvalue weighted by Crippen LogP contribution is -2.40. The van der Waals surface area contributed by atoms with Gasteiger partial charge in [-0.2, -0.15) is 0 Å². The predicted octanol–water partition coefficient (Wildman–Crippen LogP) is 4.53. The molecule has 0 radical (unpaired) electrons. The standard InChI is InChI=1S/C15H30O/c1-4-9-13(3)12-15(16,5-2)14-10-7-6-8-11-14/h13-14,16H,4-12H2,1-3H3. The second kappa shape index (κ2) is 6.64. The van der Waals surface area contributed by atoms with E-state index in [0.29, 0.717) is 11.8 Å². The van der Waals surface area contributed by atoms with Crippen LogP contribution in [0.1, 0.15) is 78.6 Å². The molecule has 1 heteroatoms. The molecule has 2 unspecified atom stereocenters. The van der Waals surface area contributed by atoms with Crippen molar-refractivity contribution in [1.29, 1.82) is 0 Å². The number of hydrogen-bond acceptors (Lipinski definition) is 1. The molecule has 0 aromatic rings. The van der Waals surface area contributed by atoms with Gasteiger partial charge in [-0.1, -0.05) is 52.9 Å². The van der Waals surface area contributed by atoms with Crippen LogP contribution in [0.3, 0.4) is 0 Å². The molecule has 0 aromatic carbocycles. The minimum Gasteiger partial charge on any atom is -0.390 e. The van der Waals surface area contributed by atoms with E-state index in [2.05, 4.69) is 20.8 Å². The fourth-order valence-corrected chi connectivity index (χ4v) is 3.44. The highest BCUT2D eigenvalue weighted by Gasteiger charge is 2.36. The molecule has 1 fully saturated rings. The van der Waals surface area contributed by atoms with Crippen LogP contribution in [0.15, 0.2) is 0 Å². The highest BCUT2D eigenvalue weighted by Crippen LogP contribution is 2.39. The fraction of sp³-hybridized carbons (Fsp3) is 1.00. The number of aliphatic hydroxyl groups is 1. The van der Waals surface area contributed by atoms with E-state index in [1.165, 1.54) is 44.9 Å². The van der Waals surface area contributed by atoms with Gasteiger partial charge < -0.3 is 5.11 Å². The van der Waals surface area contributed by atoms with Gasteiger partial charge in [0.15, 0.2) is 0 Å². The molecule has 1 aliphatic rings. The normalized spacial score (nSPS) is 24.0. The average molecular weight is 226 g/mol. The molecule has 2 atom stereocenters. The second-order valence-corrected chi connectivity index (χ2v) is 5.89. The third-order valence-corrected chi connectivity index (χ3v) is 4.46. The molecule has 0 bridgehead atoms. The smallest absolute Gasteiger partial charge is 0.0675 e. The summed E-state index contributed by atoms with van der Waals surface area (Å²) >= 11 is 0. The molecular weight excluding hydrogens is 196 g/mol. The van der Waals surface area contributed by atoms with E-state index in [0.717, 1.165) is 12.8 Å². The first-order valence-electron chi connectivity index (χ1n) is 7.34. The van der Waals surface area contributed by atoms with Crippen molar-refractivity contribution in [2.24, 2.45) is 11.8 Å². The average Bonchev–Trinajstić information content (AvgIpc) is 2.30. The maximum absolute atomic E-state index is 10.8. The summed E-state index contributed by atoms with van der Waals surface area (Å²) in [5.74, 6) is 1.25. The van der Waals surface area contributed by atoms with E-state index in [4.69, 9.17) is 0 Å². The Hall–Kier alpha value is -0.0400. The monoisotopic (exact) mass is 226 g/mol. The molecule has 0 amide bonds. The lowest BCUT2D eigenvalue weighted by Gasteiger charge is -2.39. The largest absolute Gasteiger partial charge is 0.390 e. The van der Waals surface area contributed by atoms with Crippen LogP contribution in [0.5, 0.6) is 0 Å². The summed E-state index contributed by atoms with van der Waals surface area (Å²) < 4.78 is 0. The van der Waals surface area contributed by atoms with E-state index in [1.54, 1.807) is 0 Å². The Morgan fingerprint density at radius 3 is 2.31 bits per heavy atom. The third-order valence-electron chi connectivity index (χ3n) is 4.46. The van der Waals surface area contributed by atoms with Crippen LogP contribution in [0.25, 0.3) is 0 Å². The molecule has 96 valence electrons. The minimum absolute atomic E-state index is 0.366. The van der Waals surface area contributed by atoms with Crippen molar-refractivity contribution in [2.45, 2.75) is 84.2 Å². The van der Waals surface area contributed by atoms with Gasteiger partial charge in [0, 0.05) is 0 Å². The van der Waals surface area contributed by atoms with E-state index in [-0.39, 0.29) is 5.60 Å². The zero-order valence-electron chi connectivity index (χ0n) is 11.5. The number of rotatable bonds is 6. The minimum atomic E-state index is -0.366. The van der Waals surface area contributed by atoms with Gasteiger partial charge in [0.25, 0.3) is 0 Å². The molecule has 1 aliphatic carbocycles. The van der Waals surface area contributed by atoms with E-state index < -0.39 is 0 Å². The summed E-state index contributed by atoms with van der Waals surface area (Å²) in [6.45, 7) is 6.70. The van der Waals surface area contributed by atoms with Crippen molar-refractivity contribution in [3.63, 3.8) is 0 Å². The first-order valence-corrected chi connectivity index (χ1v) is 7.34. The van der Waals surface area contributed by atoms with Gasteiger partial charge >= 0.3 is 0 Å². The Labute approximate surface area is 102 Å².